The molecule has 0 aliphatic heterocycles. The first-order valence-electron chi connectivity index (χ1n) is 7.45. The first-order valence-corrected chi connectivity index (χ1v) is 8.79. The van der Waals surface area contributed by atoms with Crippen LogP contribution in [-0.2, 0) is 22.8 Å². The maximum absolute atomic E-state index is 8.61. The van der Waals surface area contributed by atoms with E-state index in [0.29, 0.717) is 6.61 Å². The molecule has 0 aliphatic rings. The Bertz CT molecular complexity index is 131. The van der Waals surface area contributed by atoms with Crippen molar-refractivity contribution in [1.29, 1.82) is 0 Å². The standard InChI is InChI=1S/C14H30O.H2O.O.Ti/c1-2-3-4-5-6-7-8-9-10-11-12-13-14-15;;;/h15H,2-14H2,1H3;1H2;;/q;;;+1/p-1. The van der Waals surface area contributed by atoms with Crippen LogP contribution >= 0.6 is 0 Å². The topological polar surface area (TPSA) is 57.5 Å². The number of unbranched alkanes of at least 4 members (excludes halogenated alkanes) is 11. The molecule has 0 atom stereocenters. The molecule has 18 heavy (non-hydrogen) atoms. The molecule has 0 unspecified atom stereocenters. The monoisotopic (exact) mass is 295 g/mol. The van der Waals surface area contributed by atoms with Gasteiger partial charge in [-0.3, -0.25) is 0 Å². The summed E-state index contributed by atoms with van der Waals surface area (Å²) in [7, 11) is 0. The van der Waals surface area contributed by atoms with E-state index in [1.54, 1.807) is 0 Å². The molecule has 0 saturated carbocycles. The fourth-order valence-corrected chi connectivity index (χ4v) is 1.95. The van der Waals surface area contributed by atoms with E-state index in [1.165, 1.54) is 70.6 Å². The molecule has 0 aromatic rings. The van der Waals surface area contributed by atoms with E-state index in [9.17, 15) is 0 Å². The van der Waals surface area contributed by atoms with E-state index in [2.05, 4.69) is 6.92 Å². The molecule has 0 saturated heterocycles. The van der Waals surface area contributed by atoms with Crippen LogP contribution in [0.3, 0.4) is 0 Å². The molecule has 0 heterocycles. The molecule has 0 aliphatic carbocycles. The van der Waals surface area contributed by atoms with Crippen molar-refractivity contribution >= 4 is 0 Å². The predicted octanol–water partition coefficient (Wildman–Crippen LogP) is 4.00. The summed E-state index contributed by atoms with van der Waals surface area (Å²) >= 11 is -1.75. The van der Waals surface area contributed by atoms with Gasteiger partial charge in [0.15, 0.2) is 0 Å². The minimum atomic E-state index is -1.75. The van der Waals surface area contributed by atoms with Gasteiger partial charge in [-0.05, 0) is 6.42 Å². The van der Waals surface area contributed by atoms with Gasteiger partial charge in [-0.2, -0.15) is 0 Å². The molecule has 0 fully saturated rings. The summed E-state index contributed by atoms with van der Waals surface area (Å²) in [4.78, 5) is 0. The van der Waals surface area contributed by atoms with Crippen molar-refractivity contribution in [2.75, 3.05) is 6.61 Å². The van der Waals surface area contributed by atoms with Gasteiger partial charge in [0.1, 0.15) is 0 Å². The van der Waals surface area contributed by atoms with Crippen LogP contribution in [0, 0.1) is 0 Å². The van der Waals surface area contributed by atoms with Crippen LogP contribution in [0.4, 0.5) is 0 Å². The Balaban J connectivity index is 0. The van der Waals surface area contributed by atoms with Crippen LogP contribution in [0.1, 0.15) is 84.0 Å². The van der Waals surface area contributed by atoms with Crippen LogP contribution in [-0.4, -0.2) is 15.4 Å². The average molecular weight is 295 g/mol. The predicted molar refractivity (Wildman–Crippen MR) is 71.1 cm³/mol. The summed E-state index contributed by atoms with van der Waals surface area (Å²) in [5.41, 5.74) is 0. The molecule has 4 heteroatoms. The summed E-state index contributed by atoms with van der Waals surface area (Å²) in [6, 6.07) is 0. The normalized spacial score (nSPS) is 9.50. The summed E-state index contributed by atoms with van der Waals surface area (Å²) < 4.78 is 15.8. The van der Waals surface area contributed by atoms with Gasteiger partial charge in [-0.15, -0.1) is 0 Å². The number of aliphatic hydroxyl groups excluding tert-OH is 1. The van der Waals surface area contributed by atoms with Crippen LogP contribution in [0.25, 0.3) is 0 Å². The molecule has 0 bridgehead atoms. The second kappa shape index (κ2) is 22.6. The maximum atomic E-state index is 8.61. The quantitative estimate of drug-likeness (QED) is 0.422. The molecular weight excluding hydrogens is 264 g/mol. The van der Waals surface area contributed by atoms with Crippen LogP contribution < -0.4 is 0 Å². The molecule has 0 aromatic carbocycles. The Labute approximate surface area is 122 Å². The number of hydrogen-bond donors (Lipinski definition) is 2. The van der Waals surface area contributed by atoms with Crippen molar-refractivity contribution < 1.29 is 31.6 Å². The summed E-state index contributed by atoms with van der Waals surface area (Å²) in [5.74, 6) is 0. The minimum absolute atomic E-state index is 0.372. The number of hydrogen-bond acceptors (Lipinski definition) is 2. The van der Waals surface area contributed by atoms with Gasteiger partial charge in [-0.1, -0.05) is 77.6 Å². The van der Waals surface area contributed by atoms with Gasteiger partial charge in [0.05, 0.1) is 0 Å². The van der Waals surface area contributed by atoms with E-state index in [1.807, 2.05) is 0 Å². The molecule has 3 nitrogen and oxygen atoms in total. The van der Waals surface area contributed by atoms with E-state index >= 15 is 0 Å². The second-order valence-electron chi connectivity index (χ2n) is 4.70. The third-order valence-corrected chi connectivity index (χ3v) is 3.01. The van der Waals surface area contributed by atoms with Gasteiger partial charge >= 0.3 is 26.5 Å². The second-order valence-corrected chi connectivity index (χ2v) is 4.99. The van der Waals surface area contributed by atoms with Gasteiger partial charge in [-0.25, -0.2) is 0 Å². The van der Waals surface area contributed by atoms with Crippen molar-refractivity contribution in [2.45, 2.75) is 84.0 Å². The van der Waals surface area contributed by atoms with Gasteiger partial charge in [0.2, 0.25) is 0 Å². The third-order valence-electron chi connectivity index (χ3n) is 3.01. The third kappa shape index (κ3) is 25.3. The average Bonchev–Trinajstić information content (AvgIpc) is 2.37. The molecule has 0 spiro atoms. The van der Waals surface area contributed by atoms with E-state index < -0.39 is 19.5 Å². The molecule has 2 N–H and O–H groups in total. The van der Waals surface area contributed by atoms with Crippen LogP contribution in [0.2, 0.25) is 0 Å². The zero-order chi connectivity index (χ0) is 13.9. The Morgan fingerprint density at radius 3 is 1.28 bits per heavy atom. The number of aliphatic hydroxyl groups is 1. The van der Waals surface area contributed by atoms with E-state index in [0.717, 1.165) is 6.42 Å². The zero-order valence-electron chi connectivity index (χ0n) is 12.0. The van der Waals surface area contributed by atoms with Crippen LogP contribution in [0.15, 0.2) is 0 Å². The van der Waals surface area contributed by atoms with Gasteiger partial charge < -0.3 is 5.11 Å². The summed E-state index contributed by atoms with van der Waals surface area (Å²) in [5, 5.41) is 8.61. The summed E-state index contributed by atoms with van der Waals surface area (Å²) in [6.45, 7) is 2.64. The van der Waals surface area contributed by atoms with Crippen molar-refractivity contribution in [1.82, 2.24) is 0 Å². The molecule has 0 aromatic heterocycles. The Hall–Kier alpha value is 0.434. The SMILES string of the molecule is CCCCCCCCCCCCCCO.[O]=[Ti][OH]. The van der Waals surface area contributed by atoms with Gasteiger partial charge in [0, 0.05) is 6.61 Å². The fraction of sp³-hybridized carbons (Fsp3) is 1.00. The van der Waals surface area contributed by atoms with Crippen molar-refractivity contribution in [3.8, 4) is 0 Å². The van der Waals surface area contributed by atoms with Crippen molar-refractivity contribution in [2.24, 2.45) is 0 Å². The van der Waals surface area contributed by atoms with E-state index in [4.69, 9.17) is 12.1 Å². The molecule has 109 valence electrons. The van der Waals surface area contributed by atoms with Crippen molar-refractivity contribution in [3.63, 3.8) is 0 Å². The Kier molecular flexibility index (Phi) is 26.0. The van der Waals surface area contributed by atoms with Gasteiger partial charge in [0.25, 0.3) is 0 Å². The number of rotatable bonds is 12. The zero-order valence-corrected chi connectivity index (χ0v) is 13.6. The summed E-state index contributed by atoms with van der Waals surface area (Å²) in [6.07, 6.45) is 16.2. The molecule has 0 amide bonds. The first kappa shape index (κ1) is 20.7. The first-order chi connectivity index (χ1) is 8.83. The van der Waals surface area contributed by atoms with Crippen LogP contribution in [0.5, 0.6) is 0 Å². The fourth-order valence-electron chi connectivity index (χ4n) is 1.95. The van der Waals surface area contributed by atoms with Crippen molar-refractivity contribution in [3.05, 3.63) is 0 Å². The molecule has 0 radical (unpaired) electrons. The Morgan fingerprint density at radius 2 is 1.00 bits per heavy atom. The molecule has 0 rings (SSSR count). The Morgan fingerprint density at radius 1 is 0.722 bits per heavy atom. The molecular formula is C14H31O3Ti. The van der Waals surface area contributed by atoms with E-state index in [-0.39, 0.29) is 0 Å².